The van der Waals surface area contributed by atoms with Crippen LogP contribution in [-0.2, 0) is 43.7 Å². The zero-order valence-electron chi connectivity index (χ0n) is 34.0. The molecule has 11 nitrogen and oxygen atoms in total. The van der Waals surface area contributed by atoms with Crippen molar-refractivity contribution in [3.63, 3.8) is 0 Å². The third-order valence-electron chi connectivity index (χ3n) is 10.7. The van der Waals surface area contributed by atoms with Crippen LogP contribution in [-0.4, -0.2) is 116 Å². The van der Waals surface area contributed by atoms with Crippen molar-refractivity contribution in [2.75, 3.05) is 63.5 Å². The molecule has 2 aliphatic heterocycles. The van der Waals surface area contributed by atoms with E-state index in [1.165, 1.54) is 6.26 Å². The van der Waals surface area contributed by atoms with Crippen LogP contribution in [0.3, 0.4) is 0 Å². The molecular weight excluding hydrogens is 751 g/mol. The highest BCUT2D eigenvalue weighted by atomic mass is 32.2. The molecule has 12 heteroatoms. The number of piperazine rings is 2. The molecule has 0 spiro atoms. The maximum atomic E-state index is 14.8. The van der Waals surface area contributed by atoms with Gasteiger partial charge < -0.3 is 24.3 Å². The van der Waals surface area contributed by atoms with Crippen LogP contribution in [0.2, 0.25) is 0 Å². The summed E-state index contributed by atoms with van der Waals surface area (Å²) >= 11 is 0. The van der Waals surface area contributed by atoms with Gasteiger partial charge in [-0.25, -0.2) is 8.42 Å². The van der Waals surface area contributed by atoms with E-state index in [4.69, 9.17) is 4.74 Å². The molecule has 0 unspecified atom stereocenters. The van der Waals surface area contributed by atoms with Crippen molar-refractivity contribution in [1.29, 1.82) is 0 Å². The lowest BCUT2D eigenvalue weighted by Crippen LogP contribution is -2.56. The van der Waals surface area contributed by atoms with Crippen molar-refractivity contribution < 1.29 is 27.5 Å². The Balaban J connectivity index is 1.23. The summed E-state index contributed by atoms with van der Waals surface area (Å²) in [6.07, 6.45) is 4.94. The molecule has 0 aromatic heterocycles. The van der Waals surface area contributed by atoms with E-state index in [2.05, 4.69) is 21.9 Å². The zero-order chi connectivity index (χ0) is 41.2. The SMILES string of the molecule is CC(=O)N1CCN(c2ccc(CN(C(=O)/C=C/c3ccc(OC(C)C)cc3)[C@@H](Cc3ccccc3)C(=O)N3CCN(Cc4ccc(S(C)(=O)=O)cc4)CC3)cc2)CC1. The van der Waals surface area contributed by atoms with Gasteiger partial charge in [-0.15, -0.1) is 0 Å². The predicted octanol–water partition coefficient (Wildman–Crippen LogP) is 5.54. The van der Waals surface area contributed by atoms with Crippen molar-refractivity contribution in [1.82, 2.24) is 19.6 Å². The van der Waals surface area contributed by atoms with E-state index in [0.29, 0.717) is 57.1 Å². The Bertz CT molecular complexity index is 2130. The summed E-state index contributed by atoms with van der Waals surface area (Å²) in [5, 5.41) is 0. The summed E-state index contributed by atoms with van der Waals surface area (Å²) in [5.74, 6) is 0.476. The second-order valence-electron chi connectivity index (χ2n) is 15.4. The van der Waals surface area contributed by atoms with Gasteiger partial charge in [-0.1, -0.05) is 66.7 Å². The topological polar surface area (TPSA) is 111 Å². The molecule has 0 saturated carbocycles. The Morgan fingerprint density at radius 1 is 0.724 bits per heavy atom. The fourth-order valence-electron chi connectivity index (χ4n) is 7.43. The molecule has 1 atom stereocenters. The summed E-state index contributed by atoms with van der Waals surface area (Å²) in [4.78, 5) is 51.3. The first kappa shape index (κ1) is 42.2. The van der Waals surface area contributed by atoms with Crippen LogP contribution in [0, 0.1) is 0 Å². The fraction of sp³-hybridized carbons (Fsp3) is 0.370. The molecular formula is C46H55N5O6S. The summed E-state index contributed by atoms with van der Waals surface area (Å²) in [7, 11) is -3.28. The molecule has 2 heterocycles. The molecule has 58 heavy (non-hydrogen) atoms. The summed E-state index contributed by atoms with van der Waals surface area (Å²) in [6.45, 7) is 11.6. The molecule has 2 fully saturated rings. The zero-order valence-corrected chi connectivity index (χ0v) is 34.8. The second-order valence-corrected chi connectivity index (χ2v) is 17.4. The minimum atomic E-state index is -3.28. The molecule has 0 aliphatic carbocycles. The van der Waals surface area contributed by atoms with Gasteiger partial charge in [0.1, 0.15) is 11.8 Å². The lowest BCUT2D eigenvalue weighted by atomic mass is 10.0. The number of carbonyl (C=O) groups is 3. The van der Waals surface area contributed by atoms with Crippen LogP contribution in [0.5, 0.6) is 5.75 Å². The van der Waals surface area contributed by atoms with Gasteiger partial charge in [0.2, 0.25) is 17.7 Å². The summed E-state index contributed by atoms with van der Waals surface area (Å²) in [6, 6.07) is 31.8. The molecule has 2 aliphatic rings. The Hall–Kier alpha value is -5.46. The lowest BCUT2D eigenvalue weighted by Gasteiger charge is -2.39. The number of ether oxygens (including phenoxy) is 1. The lowest BCUT2D eigenvalue weighted by molar-refractivity contribution is -0.145. The Morgan fingerprint density at radius 3 is 1.91 bits per heavy atom. The summed E-state index contributed by atoms with van der Waals surface area (Å²) in [5.41, 5.74) is 4.76. The first-order chi connectivity index (χ1) is 27.8. The molecule has 0 bridgehead atoms. The van der Waals surface area contributed by atoms with Gasteiger partial charge in [-0.05, 0) is 78.6 Å². The highest BCUT2D eigenvalue weighted by Gasteiger charge is 2.34. The molecule has 306 valence electrons. The van der Waals surface area contributed by atoms with E-state index >= 15 is 0 Å². The smallest absolute Gasteiger partial charge is 0.247 e. The van der Waals surface area contributed by atoms with Crippen LogP contribution in [0.4, 0.5) is 5.69 Å². The fourth-order valence-corrected chi connectivity index (χ4v) is 8.06. The average molecular weight is 806 g/mol. The predicted molar refractivity (Wildman–Crippen MR) is 228 cm³/mol. The molecule has 4 aromatic carbocycles. The average Bonchev–Trinajstić information content (AvgIpc) is 3.22. The van der Waals surface area contributed by atoms with E-state index in [0.717, 1.165) is 46.8 Å². The van der Waals surface area contributed by atoms with Crippen molar-refractivity contribution in [3.05, 3.63) is 131 Å². The van der Waals surface area contributed by atoms with Crippen LogP contribution < -0.4 is 9.64 Å². The molecule has 4 aromatic rings. The van der Waals surface area contributed by atoms with Crippen LogP contribution in [0.25, 0.3) is 6.08 Å². The first-order valence-electron chi connectivity index (χ1n) is 20.0. The normalized spacial score (nSPS) is 15.8. The van der Waals surface area contributed by atoms with Gasteiger partial charge in [0.05, 0.1) is 11.0 Å². The van der Waals surface area contributed by atoms with Crippen molar-refractivity contribution in [2.24, 2.45) is 0 Å². The molecule has 0 radical (unpaired) electrons. The maximum Gasteiger partial charge on any atom is 0.247 e. The Labute approximate surface area is 343 Å². The molecule has 2 saturated heterocycles. The van der Waals surface area contributed by atoms with Crippen molar-refractivity contribution in [3.8, 4) is 5.75 Å². The van der Waals surface area contributed by atoms with Gasteiger partial charge in [0, 0.05) is 96.8 Å². The van der Waals surface area contributed by atoms with Gasteiger partial charge in [-0.2, -0.15) is 0 Å². The van der Waals surface area contributed by atoms with E-state index in [1.54, 1.807) is 36.1 Å². The van der Waals surface area contributed by atoms with E-state index < -0.39 is 15.9 Å². The first-order valence-corrected chi connectivity index (χ1v) is 21.9. The molecule has 3 amide bonds. The van der Waals surface area contributed by atoms with Gasteiger partial charge >= 0.3 is 0 Å². The largest absolute Gasteiger partial charge is 0.491 e. The highest BCUT2D eigenvalue weighted by Crippen LogP contribution is 2.23. The number of hydrogen-bond donors (Lipinski definition) is 0. The molecule has 0 N–H and O–H groups in total. The van der Waals surface area contributed by atoms with Gasteiger partial charge in [0.15, 0.2) is 9.84 Å². The quantitative estimate of drug-likeness (QED) is 0.153. The number of hydrogen-bond acceptors (Lipinski definition) is 8. The number of carbonyl (C=O) groups excluding carboxylic acids is 3. The molecule has 6 rings (SSSR count). The van der Waals surface area contributed by atoms with Gasteiger partial charge in [-0.3, -0.25) is 19.3 Å². The monoisotopic (exact) mass is 805 g/mol. The highest BCUT2D eigenvalue weighted by molar-refractivity contribution is 7.90. The minimum Gasteiger partial charge on any atom is -0.491 e. The van der Waals surface area contributed by atoms with Gasteiger partial charge in [0.25, 0.3) is 0 Å². The Morgan fingerprint density at radius 2 is 1.33 bits per heavy atom. The standard InChI is InChI=1S/C46H55N5O6S/c1-35(2)57-42-19-12-37(13-20-42)16-23-45(53)51(34-40-10-17-41(18-11-40)49-30-28-48(29-31-49)36(3)52)44(32-38-8-6-5-7-9-38)46(54)50-26-24-47(25-27-50)33-39-14-21-43(22-15-39)58(4,55)56/h5-23,35,44H,24-34H2,1-4H3/b23-16+/t44-/m0/s1. The minimum absolute atomic E-state index is 0.0470. The third kappa shape index (κ3) is 11.6. The van der Waals surface area contributed by atoms with Crippen molar-refractivity contribution in [2.45, 2.75) is 57.3 Å². The van der Waals surface area contributed by atoms with Crippen LogP contribution >= 0.6 is 0 Å². The number of nitrogens with zero attached hydrogens (tertiary/aromatic N) is 5. The van der Waals surface area contributed by atoms with E-state index in [-0.39, 0.29) is 30.4 Å². The number of rotatable bonds is 14. The van der Waals surface area contributed by atoms with E-state index in [9.17, 15) is 22.8 Å². The van der Waals surface area contributed by atoms with Crippen molar-refractivity contribution >= 4 is 39.3 Å². The van der Waals surface area contributed by atoms with E-state index in [1.807, 2.05) is 103 Å². The number of sulfone groups is 1. The Kier molecular flexibility index (Phi) is 14.0. The van der Waals surface area contributed by atoms with Crippen LogP contribution in [0.15, 0.2) is 114 Å². The second kappa shape index (κ2) is 19.3. The maximum absolute atomic E-state index is 14.8. The third-order valence-corrected chi connectivity index (χ3v) is 11.8. The van der Waals surface area contributed by atoms with Crippen LogP contribution in [0.1, 0.15) is 43.0 Å². The number of benzene rings is 4. The summed E-state index contributed by atoms with van der Waals surface area (Å²) < 4.78 is 29.7. The number of anilines is 1. The number of amides is 3.